The molecule has 0 aliphatic carbocycles. The second kappa shape index (κ2) is 7.81. The number of aromatic nitrogens is 2. The first kappa shape index (κ1) is 18.3. The van der Waals surface area contributed by atoms with Crippen LogP contribution in [0.5, 0.6) is 11.5 Å². The molecule has 0 unspecified atom stereocenters. The van der Waals surface area contributed by atoms with Crippen LogP contribution in [0, 0.1) is 5.92 Å². The quantitative estimate of drug-likeness (QED) is 0.822. The summed E-state index contributed by atoms with van der Waals surface area (Å²) in [5.74, 6) is 2.15. The van der Waals surface area contributed by atoms with Gasteiger partial charge in [0.25, 0.3) is 5.91 Å². The maximum Gasteiger partial charge on any atom is 0.272 e. The minimum absolute atomic E-state index is 0.0602. The summed E-state index contributed by atoms with van der Waals surface area (Å²) in [5, 5.41) is 4.64. The number of hydrogen-bond acceptors (Lipinski definition) is 4. The second-order valence-corrected chi connectivity index (χ2v) is 6.77. The summed E-state index contributed by atoms with van der Waals surface area (Å²) in [5.41, 5.74) is 2.22. The van der Waals surface area contributed by atoms with Crippen LogP contribution < -0.4 is 9.47 Å². The summed E-state index contributed by atoms with van der Waals surface area (Å²) >= 11 is 0. The van der Waals surface area contributed by atoms with Crippen molar-refractivity contribution in [2.75, 3.05) is 27.3 Å². The SMILES string of the molecule is CCn1nc(-c2ccc(OC)cc2OC)cc1C(=O)N1CCC(C)CC1. The Kier molecular flexibility index (Phi) is 5.49. The summed E-state index contributed by atoms with van der Waals surface area (Å²) in [6.07, 6.45) is 2.12. The first-order chi connectivity index (χ1) is 12.6. The summed E-state index contributed by atoms with van der Waals surface area (Å²) in [6, 6.07) is 7.48. The smallest absolute Gasteiger partial charge is 0.272 e. The van der Waals surface area contributed by atoms with E-state index in [0.717, 1.165) is 42.9 Å². The summed E-state index contributed by atoms with van der Waals surface area (Å²) in [7, 11) is 3.24. The highest BCUT2D eigenvalue weighted by Crippen LogP contribution is 2.33. The molecule has 0 N–H and O–H groups in total. The van der Waals surface area contributed by atoms with Gasteiger partial charge in [0.1, 0.15) is 17.2 Å². The van der Waals surface area contributed by atoms with Gasteiger partial charge in [-0.15, -0.1) is 0 Å². The topological polar surface area (TPSA) is 56.6 Å². The van der Waals surface area contributed by atoms with Crippen molar-refractivity contribution in [3.8, 4) is 22.8 Å². The van der Waals surface area contributed by atoms with E-state index in [-0.39, 0.29) is 5.91 Å². The van der Waals surface area contributed by atoms with Crippen molar-refractivity contribution in [2.45, 2.75) is 33.2 Å². The number of piperidine rings is 1. The molecule has 2 heterocycles. The van der Waals surface area contributed by atoms with Gasteiger partial charge < -0.3 is 14.4 Å². The number of methoxy groups -OCH3 is 2. The molecule has 2 aromatic rings. The molecule has 3 rings (SSSR count). The highest BCUT2D eigenvalue weighted by atomic mass is 16.5. The maximum atomic E-state index is 13.0. The van der Waals surface area contributed by atoms with E-state index >= 15 is 0 Å². The molecule has 26 heavy (non-hydrogen) atoms. The predicted octanol–water partition coefficient (Wildman–Crippen LogP) is 3.46. The number of carbonyl (C=O) groups excluding carboxylic acids is 1. The Morgan fingerprint density at radius 3 is 2.54 bits per heavy atom. The van der Waals surface area contributed by atoms with Crippen molar-refractivity contribution < 1.29 is 14.3 Å². The van der Waals surface area contributed by atoms with E-state index in [2.05, 4.69) is 12.0 Å². The first-order valence-electron chi connectivity index (χ1n) is 9.16. The fourth-order valence-electron chi connectivity index (χ4n) is 3.35. The summed E-state index contributed by atoms with van der Waals surface area (Å²) < 4.78 is 12.5. The van der Waals surface area contributed by atoms with Crippen molar-refractivity contribution in [3.05, 3.63) is 30.0 Å². The zero-order chi connectivity index (χ0) is 18.7. The Hall–Kier alpha value is -2.50. The molecular weight excluding hydrogens is 330 g/mol. The molecule has 1 aliphatic heterocycles. The number of amides is 1. The van der Waals surface area contributed by atoms with Crippen LogP contribution in [0.15, 0.2) is 24.3 Å². The first-order valence-corrected chi connectivity index (χ1v) is 9.16. The monoisotopic (exact) mass is 357 g/mol. The molecule has 1 saturated heterocycles. The van der Waals surface area contributed by atoms with E-state index in [1.807, 2.05) is 36.1 Å². The fourth-order valence-corrected chi connectivity index (χ4v) is 3.35. The standard InChI is InChI=1S/C20H27N3O3/c1-5-23-18(20(24)22-10-8-14(2)9-11-22)13-17(21-23)16-7-6-15(25-3)12-19(16)26-4/h6-7,12-14H,5,8-11H2,1-4H3. The Balaban J connectivity index is 1.93. The zero-order valence-electron chi connectivity index (χ0n) is 16.0. The van der Waals surface area contributed by atoms with E-state index in [4.69, 9.17) is 9.47 Å². The minimum Gasteiger partial charge on any atom is -0.497 e. The van der Waals surface area contributed by atoms with Crippen molar-refractivity contribution in [1.29, 1.82) is 0 Å². The molecule has 1 amide bonds. The number of likely N-dealkylation sites (tertiary alicyclic amines) is 1. The number of nitrogens with zero attached hydrogens (tertiary/aromatic N) is 3. The van der Waals surface area contributed by atoms with Gasteiger partial charge in [-0.2, -0.15) is 5.10 Å². The average Bonchev–Trinajstić information content (AvgIpc) is 3.11. The normalized spacial score (nSPS) is 15.2. The molecule has 6 nitrogen and oxygen atoms in total. The molecular formula is C20H27N3O3. The summed E-state index contributed by atoms with van der Waals surface area (Å²) in [4.78, 5) is 14.9. The second-order valence-electron chi connectivity index (χ2n) is 6.77. The third-order valence-corrected chi connectivity index (χ3v) is 5.05. The maximum absolute atomic E-state index is 13.0. The van der Waals surface area contributed by atoms with E-state index in [1.54, 1.807) is 18.9 Å². The van der Waals surface area contributed by atoms with Gasteiger partial charge in [-0.3, -0.25) is 9.48 Å². The van der Waals surface area contributed by atoms with Gasteiger partial charge >= 0.3 is 0 Å². The third kappa shape index (κ3) is 3.54. The third-order valence-electron chi connectivity index (χ3n) is 5.05. The lowest BCUT2D eigenvalue weighted by Gasteiger charge is -2.30. The number of ether oxygens (including phenoxy) is 2. The average molecular weight is 357 g/mol. The van der Waals surface area contributed by atoms with E-state index in [0.29, 0.717) is 23.9 Å². The van der Waals surface area contributed by atoms with Crippen LogP contribution in [0.3, 0.4) is 0 Å². The van der Waals surface area contributed by atoms with Gasteiger partial charge in [0.05, 0.1) is 19.9 Å². The van der Waals surface area contributed by atoms with Crippen LogP contribution in [0.25, 0.3) is 11.3 Å². The van der Waals surface area contributed by atoms with Gasteiger partial charge in [-0.05, 0) is 43.9 Å². The van der Waals surface area contributed by atoms with Crippen molar-refractivity contribution in [2.24, 2.45) is 5.92 Å². The van der Waals surface area contributed by atoms with Gasteiger partial charge in [-0.25, -0.2) is 0 Å². The minimum atomic E-state index is 0.0602. The fraction of sp³-hybridized carbons (Fsp3) is 0.500. The van der Waals surface area contributed by atoms with Crippen LogP contribution in [0.1, 0.15) is 37.2 Å². The molecule has 1 aromatic carbocycles. The lowest BCUT2D eigenvalue weighted by Crippen LogP contribution is -2.38. The molecule has 0 bridgehead atoms. The van der Waals surface area contributed by atoms with Crippen molar-refractivity contribution in [3.63, 3.8) is 0 Å². The number of aryl methyl sites for hydroxylation is 1. The zero-order valence-corrected chi connectivity index (χ0v) is 16.0. The van der Waals surface area contributed by atoms with E-state index < -0.39 is 0 Å². The molecule has 6 heteroatoms. The number of benzene rings is 1. The van der Waals surface area contributed by atoms with Crippen LogP contribution in [-0.4, -0.2) is 47.9 Å². The van der Waals surface area contributed by atoms with Crippen molar-refractivity contribution >= 4 is 5.91 Å². The molecule has 1 aliphatic rings. The van der Waals surface area contributed by atoms with Gasteiger partial charge in [0.15, 0.2) is 0 Å². The molecule has 0 atom stereocenters. The van der Waals surface area contributed by atoms with Gasteiger partial charge in [0, 0.05) is 31.3 Å². The van der Waals surface area contributed by atoms with Crippen LogP contribution in [0.2, 0.25) is 0 Å². The number of carbonyl (C=O) groups is 1. The largest absolute Gasteiger partial charge is 0.497 e. The predicted molar refractivity (Wildman–Crippen MR) is 101 cm³/mol. The lowest BCUT2D eigenvalue weighted by molar-refractivity contribution is 0.0684. The van der Waals surface area contributed by atoms with Crippen molar-refractivity contribution in [1.82, 2.24) is 14.7 Å². The van der Waals surface area contributed by atoms with Gasteiger partial charge in [-0.1, -0.05) is 6.92 Å². The lowest BCUT2D eigenvalue weighted by atomic mass is 9.99. The number of rotatable bonds is 5. The van der Waals surface area contributed by atoms with Gasteiger partial charge in [0.2, 0.25) is 0 Å². The Morgan fingerprint density at radius 1 is 1.19 bits per heavy atom. The van der Waals surface area contributed by atoms with E-state index in [1.165, 1.54) is 0 Å². The number of hydrogen-bond donors (Lipinski definition) is 0. The molecule has 0 radical (unpaired) electrons. The molecule has 0 saturated carbocycles. The van der Waals surface area contributed by atoms with E-state index in [9.17, 15) is 4.79 Å². The van der Waals surface area contributed by atoms with Crippen LogP contribution >= 0.6 is 0 Å². The Morgan fingerprint density at radius 2 is 1.92 bits per heavy atom. The molecule has 1 aromatic heterocycles. The highest BCUT2D eigenvalue weighted by Gasteiger charge is 2.25. The highest BCUT2D eigenvalue weighted by molar-refractivity contribution is 5.94. The molecule has 1 fully saturated rings. The molecule has 0 spiro atoms. The van der Waals surface area contributed by atoms with Crippen LogP contribution in [0.4, 0.5) is 0 Å². The Labute approximate surface area is 154 Å². The summed E-state index contributed by atoms with van der Waals surface area (Å²) in [6.45, 7) is 6.51. The van der Waals surface area contributed by atoms with Crippen LogP contribution in [-0.2, 0) is 6.54 Å². The Bertz CT molecular complexity index is 777. The molecule has 140 valence electrons.